The molecule has 4 rings (SSSR count). The summed E-state index contributed by atoms with van der Waals surface area (Å²) in [5, 5.41) is 22.1. The molecule has 0 saturated carbocycles. The molecule has 1 saturated heterocycles. The fourth-order valence-electron chi connectivity index (χ4n) is 4.28. The second kappa shape index (κ2) is 12.1. The van der Waals surface area contributed by atoms with Crippen LogP contribution in [0.5, 0.6) is 17.2 Å². The summed E-state index contributed by atoms with van der Waals surface area (Å²) in [4.78, 5) is 2.82. The average molecular weight is 481 g/mol. The van der Waals surface area contributed by atoms with E-state index in [1.54, 1.807) is 19.2 Å². The van der Waals surface area contributed by atoms with Crippen LogP contribution in [0.1, 0.15) is 0 Å². The molecule has 3 aromatic carbocycles. The molecule has 1 fully saturated rings. The topological polar surface area (TPSA) is 67.8 Å². The van der Waals surface area contributed by atoms with Crippen molar-refractivity contribution >= 4 is 16.5 Å². The normalized spacial score (nSPS) is 18.8. The van der Waals surface area contributed by atoms with Crippen LogP contribution in [0.4, 0.5) is 5.69 Å². The number of phenols is 1. The third-order valence-corrected chi connectivity index (χ3v) is 5.86. The Labute approximate surface area is 201 Å². The largest absolute Gasteiger partial charge is 1.00 e. The van der Waals surface area contributed by atoms with Crippen molar-refractivity contribution in [3.05, 3.63) is 60.7 Å². The summed E-state index contributed by atoms with van der Waals surface area (Å²) in [7, 11) is 1.72. The summed E-state index contributed by atoms with van der Waals surface area (Å²) in [5.74, 6) is 1.85. The van der Waals surface area contributed by atoms with Crippen LogP contribution < -0.4 is 44.1 Å². The summed E-state index contributed by atoms with van der Waals surface area (Å²) in [6.45, 7) is 4.90. The van der Waals surface area contributed by atoms with E-state index in [-0.39, 0.29) is 37.2 Å². The van der Waals surface area contributed by atoms with Crippen LogP contribution in [0, 0.1) is 0 Å². The molecule has 0 amide bonds. The fraction of sp³-hybridized carbons (Fsp3) is 0.333. The zero-order valence-electron chi connectivity index (χ0n) is 18.1. The van der Waals surface area contributed by atoms with Crippen molar-refractivity contribution in [1.82, 2.24) is 0 Å². The number of halogens is 2. The molecule has 6 nitrogen and oxygen atoms in total. The number of quaternary nitrogens is 2. The summed E-state index contributed by atoms with van der Waals surface area (Å²) in [6.07, 6.45) is -0.541. The zero-order valence-corrected chi connectivity index (χ0v) is 19.6. The van der Waals surface area contributed by atoms with E-state index in [2.05, 4.69) is 12.1 Å². The van der Waals surface area contributed by atoms with Gasteiger partial charge in [-0.1, -0.05) is 36.4 Å². The molecule has 174 valence electrons. The molecule has 32 heavy (non-hydrogen) atoms. The molecule has 0 bridgehead atoms. The number of ether oxygens (including phenoxy) is 2. The van der Waals surface area contributed by atoms with E-state index in [9.17, 15) is 10.2 Å². The van der Waals surface area contributed by atoms with Crippen molar-refractivity contribution in [3.8, 4) is 17.2 Å². The first kappa shape index (κ1) is 26.0. The lowest BCUT2D eigenvalue weighted by molar-refractivity contribution is -0.988. The van der Waals surface area contributed by atoms with Crippen LogP contribution in [-0.2, 0) is 0 Å². The third-order valence-electron chi connectivity index (χ3n) is 5.86. The highest BCUT2D eigenvalue weighted by Crippen LogP contribution is 2.31. The number of aliphatic hydroxyl groups is 1. The van der Waals surface area contributed by atoms with Gasteiger partial charge in [0.2, 0.25) is 0 Å². The van der Waals surface area contributed by atoms with Gasteiger partial charge in [0.15, 0.2) is 11.4 Å². The number of hydrogen-bond acceptors (Lipinski definition) is 4. The molecule has 1 atom stereocenters. The van der Waals surface area contributed by atoms with Gasteiger partial charge in [0.1, 0.15) is 56.9 Å². The van der Waals surface area contributed by atoms with E-state index >= 15 is 0 Å². The maximum atomic E-state index is 10.5. The Bertz CT molecular complexity index is 997. The quantitative estimate of drug-likeness (QED) is 0.272. The van der Waals surface area contributed by atoms with Crippen LogP contribution in [0.3, 0.4) is 0 Å². The Morgan fingerprint density at radius 2 is 1.50 bits per heavy atom. The highest BCUT2D eigenvalue weighted by Gasteiger charge is 2.28. The standard InChI is InChI=1S/C24H28N2O4.2ClH/c1-29-24-10-3-2-8-21(24)26-14-12-25(13-15-26)16-18(27)17-30-23-11-5-6-19-20(23)7-4-9-22(19)28;;/h2-11,18,27-28H,12-17H2,1H3;2*1H. The molecular formula is C24H30Cl2N2O4. The van der Waals surface area contributed by atoms with Crippen LogP contribution >= 0.6 is 0 Å². The molecule has 0 spiro atoms. The lowest BCUT2D eigenvalue weighted by Gasteiger charge is -2.31. The van der Waals surface area contributed by atoms with Crippen LogP contribution in [0.25, 0.3) is 10.8 Å². The highest BCUT2D eigenvalue weighted by molar-refractivity contribution is 5.92. The summed E-state index contributed by atoms with van der Waals surface area (Å²) < 4.78 is 11.4. The van der Waals surface area contributed by atoms with E-state index in [4.69, 9.17) is 9.47 Å². The van der Waals surface area contributed by atoms with E-state index < -0.39 is 6.10 Å². The van der Waals surface area contributed by atoms with Crippen molar-refractivity contribution in [2.45, 2.75) is 6.10 Å². The number of phenolic OH excluding ortho intramolecular Hbond substituents is 1. The second-order valence-electron chi connectivity index (χ2n) is 7.85. The summed E-state index contributed by atoms with van der Waals surface area (Å²) in [6, 6.07) is 19.2. The van der Waals surface area contributed by atoms with Gasteiger partial charge in [-0.15, -0.1) is 0 Å². The van der Waals surface area contributed by atoms with Crippen molar-refractivity contribution in [3.63, 3.8) is 0 Å². The van der Waals surface area contributed by atoms with Crippen LogP contribution in [0.15, 0.2) is 60.7 Å². The maximum absolute atomic E-state index is 10.5. The number of methoxy groups -OCH3 is 1. The van der Waals surface area contributed by atoms with Crippen LogP contribution in [-0.4, -0.2) is 62.8 Å². The predicted octanol–water partition coefficient (Wildman–Crippen LogP) is -5.58. The van der Waals surface area contributed by atoms with Crippen molar-refractivity contribution in [1.29, 1.82) is 0 Å². The van der Waals surface area contributed by atoms with Gasteiger partial charge in [-0.05, 0) is 18.2 Å². The lowest BCUT2D eigenvalue weighted by Crippen LogP contribution is -3.26. The van der Waals surface area contributed by atoms with Gasteiger partial charge in [0.05, 0.1) is 7.11 Å². The van der Waals surface area contributed by atoms with Gasteiger partial charge in [-0.2, -0.15) is 0 Å². The van der Waals surface area contributed by atoms with Gasteiger partial charge in [0.25, 0.3) is 0 Å². The van der Waals surface area contributed by atoms with E-state index in [0.29, 0.717) is 12.3 Å². The van der Waals surface area contributed by atoms with Gasteiger partial charge >= 0.3 is 0 Å². The van der Waals surface area contributed by atoms with Gasteiger partial charge in [-0.3, -0.25) is 4.90 Å². The Balaban J connectivity index is 0.00000181. The number of aromatic hydroxyl groups is 1. The number of piperazine rings is 1. The molecule has 1 aliphatic heterocycles. The monoisotopic (exact) mass is 480 g/mol. The van der Waals surface area contributed by atoms with Gasteiger partial charge in [0, 0.05) is 16.8 Å². The first-order valence-electron chi connectivity index (χ1n) is 10.5. The minimum atomic E-state index is -0.541. The molecule has 0 aliphatic carbocycles. The SMILES string of the molecule is COc1ccccc1[NH+]1CC[NH+](CC(O)COc2cccc3c(O)cccc23)CC1.[Cl-].[Cl-]. The maximum Gasteiger partial charge on any atom is 0.179 e. The lowest BCUT2D eigenvalue weighted by atomic mass is 10.1. The molecule has 4 N–H and O–H groups in total. The molecule has 8 heteroatoms. The number of aliphatic hydroxyl groups excluding tert-OH is 1. The van der Waals surface area contributed by atoms with E-state index in [0.717, 1.165) is 42.7 Å². The highest BCUT2D eigenvalue weighted by atomic mass is 35.5. The number of fused-ring (bicyclic) bond motifs is 1. The van der Waals surface area contributed by atoms with Gasteiger partial charge < -0.3 is 49.4 Å². The smallest absolute Gasteiger partial charge is 0.179 e. The number of rotatable bonds is 7. The molecular weight excluding hydrogens is 451 g/mol. The Kier molecular flexibility index (Phi) is 9.87. The minimum Gasteiger partial charge on any atom is -1.00 e. The van der Waals surface area contributed by atoms with Crippen molar-refractivity contribution < 1.29 is 54.3 Å². The molecule has 0 aromatic heterocycles. The Morgan fingerprint density at radius 1 is 0.844 bits per heavy atom. The first-order chi connectivity index (χ1) is 14.7. The average Bonchev–Trinajstić information content (AvgIpc) is 2.78. The molecule has 1 heterocycles. The number of hydrogen-bond donors (Lipinski definition) is 4. The van der Waals surface area contributed by atoms with Crippen LogP contribution in [0.2, 0.25) is 0 Å². The second-order valence-corrected chi connectivity index (χ2v) is 7.85. The number of nitrogens with one attached hydrogen (secondary N) is 2. The van der Waals surface area contributed by atoms with E-state index in [1.807, 2.05) is 36.4 Å². The Hall–Kier alpha value is -2.22. The first-order valence-corrected chi connectivity index (χ1v) is 10.5. The van der Waals surface area contributed by atoms with Gasteiger partial charge in [-0.25, -0.2) is 0 Å². The molecule has 3 aromatic rings. The zero-order chi connectivity index (χ0) is 20.9. The van der Waals surface area contributed by atoms with E-state index in [1.165, 1.54) is 15.5 Å². The predicted molar refractivity (Wildman–Crippen MR) is 116 cm³/mol. The van der Waals surface area contributed by atoms with Crippen molar-refractivity contribution in [2.75, 3.05) is 46.4 Å². The summed E-state index contributed by atoms with van der Waals surface area (Å²) in [5.41, 5.74) is 1.21. The minimum absolute atomic E-state index is 0. The Morgan fingerprint density at radius 3 is 2.25 bits per heavy atom. The summed E-state index contributed by atoms with van der Waals surface area (Å²) >= 11 is 0. The molecule has 1 aliphatic rings. The third kappa shape index (κ3) is 5.97. The number of para-hydroxylation sites is 2. The number of benzene rings is 3. The molecule has 1 unspecified atom stereocenters. The molecule has 0 radical (unpaired) electrons. The fourth-order valence-corrected chi connectivity index (χ4v) is 4.28. The van der Waals surface area contributed by atoms with Crippen molar-refractivity contribution in [2.24, 2.45) is 0 Å².